The molecule has 1 aromatic heterocycles. The van der Waals surface area contributed by atoms with Crippen LogP contribution in [0.2, 0.25) is 0 Å². The molecule has 2 atom stereocenters. The van der Waals surface area contributed by atoms with Gasteiger partial charge in [-0.1, -0.05) is 25.1 Å². The Morgan fingerprint density at radius 3 is 2.70 bits per heavy atom. The number of fused-ring (bicyclic) bond motifs is 1. The topological polar surface area (TPSA) is 36.4 Å². The highest BCUT2D eigenvalue weighted by molar-refractivity contribution is 5.85. The SMILES string of the molecule is CCc1nc2c(C(O)C3CCCN3C)cccc2cc1C.Cl.Cl. The number of aliphatic hydroxyl groups excluding tert-OH is 1. The lowest BCUT2D eigenvalue weighted by Gasteiger charge is -2.26. The van der Waals surface area contributed by atoms with Gasteiger partial charge in [0.25, 0.3) is 0 Å². The Morgan fingerprint density at radius 1 is 1.35 bits per heavy atom. The normalized spacial score (nSPS) is 19.2. The first-order chi connectivity index (χ1) is 10.1. The van der Waals surface area contributed by atoms with Crippen LogP contribution in [0.4, 0.5) is 0 Å². The highest BCUT2D eigenvalue weighted by Gasteiger charge is 2.30. The number of likely N-dealkylation sites (N-methyl/N-ethyl adjacent to an activating group) is 1. The second-order valence-corrected chi connectivity index (χ2v) is 6.16. The molecule has 3 rings (SSSR count). The molecule has 3 nitrogen and oxygen atoms in total. The number of benzene rings is 1. The van der Waals surface area contributed by atoms with Crippen molar-refractivity contribution in [3.63, 3.8) is 0 Å². The number of aliphatic hydroxyl groups is 1. The number of aryl methyl sites for hydroxylation is 2. The predicted octanol–water partition coefficient (Wildman–Crippen LogP) is 4.08. The molecule has 0 bridgehead atoms. The van der Waals surface area contributed by atoms with Crippen LogP contribution in [0.1, 0.15) is 42.7 Å². The highest BCUT2D eigenvalue weighted by atomic mass is 35.5. The first-order valence-corrected chi connectivity index (χ1v) is 7.89. The van der Waals surface area contributed by atoms with Gasteiger partial charge in [-0.15, -0.1) is 24.8 Å². The summed E-state index contributed by atoms with van der Waals surface area (Å²) < 4.78 is 0. The Hall–Kier alpha value is -0.870. The molecule has 1 N–H and O–H groups in total. The van der Waals surface area contributed by atoms with E-state index in [1.807, 2.05) is 12.1 Å². The molecule has 1 fully saturated rings. The van der Waals surface area contributed by atoms with Gasteiger partial charge in [0, 0.05) is 22.7 Å². The van der Waals surface area contributed by atoms with Crippen LogP contribution in [0.3, 0.4) is 0 Å². The second kappa shape index (κ2) is 8.29. The maximum absolute atomic E-state index is 10.8. The fourth-order valence-electron chi connectivity index (χ4n) is 3.50. The lowest BCUT2D eigenvalue weighted by Crippen LogP contribution is -2.31. The molecule has 0 saturated carbocycles. The van der Waals surface area contributed by atoms with E-state index < -0.39 is 6.10 Å². The first-order valence-electron chi connectivity index (χ1n) is 7.89. The van der Waals surface area contributed by atoms with Crippen molar-refractivity contribution < 1.29 is 5.11 Å². The van der Waals surface area contributed by atoms with Crippen LogP contribution in [0, 0.1) is 6.92 Å². The summed E-state index contributed by atoms with van der Waals surface area (Å²) in [4.78, 5) is 7.09. The van der Waals surface area contributed by atoms with Gasteiger partial charge in [0.15, 0.2) is 0 Å². The van der Waals surface area contributed by atoms with E-state index in [1.54, 1.807) is 0 Å². The van der Waals surface area contributed by atoms with Gasteiger partial charge in [-0.2, -0.15) is 0 Å². The molecule has 1 aliphatic rings. The summed E-state index contributed by atoms with van der Waals surface area (Å²) in [5.41, 5.74) is 4.30. The number of nitrogens with zero attached hydrogens (tertiary/aromatic N) is 2. The maximum Gasteiger partial charge on any atom is 0.0966 e. The van der Waals surface area contributed by atoms with Gasteiger partial charge in [0.2, 0.25) is 0 Å². The van der Waals surface area contributed by atoms with E-state index in [0.717, 1.165) is 48.0 Å². The summed E-state index contributed by atoms with van der Waals surface area (Å²) in [5.74, 6) is 0. The van der Waals surface area contributed by atoms with E-state index in [0.29, 0.717) is 0 Å². The number of hydrogen-bond acceptors (Lipinski definition) is 3. The smallest absolute Gasteiger partial charge is 0.0966 e. The molecule has 2 heterocycles. The van der Waals surface area contributed by atoms with Gasteiger partial charge in [0.05, 0.1) is 11.6 Å². The van der Waals surface area contributed by atoms with Crippen molar-refractivity contribution in [3.05, 3.63) is 41.1 Å². The lowest BCUT2D eigenvalue weighted by molar-refractivity contribution is 0.0867. The number of hydrogen-bond donors (Lipinski definition) is 1. The van der Waals surface area contributed by atoms with Gasteiger partial charge in [-0.25, -0.2) is 0 Å². The summed E-state index contributed by atoms with van der Waals surface area (Å²) in [6, 6.07) is 8.55. The van der Waals surface area contributed by atoms with Crippen molar-refractivity contribution in [3.8, 4) is 0 Å². The molecule has 128 valence electrons. The van der Waals surface area contributed by atoms with Crippen molar-refractivity contribution in [2.75, 3.05) is 13.6 Å². The van der Waals surface area contributed by atoms with Crippen LogP contribution in [0.15, 0.2) is 24.3 Å². The molecule has 5 heteroatoms. The molecule has 0 radical (unpaired) electrons. The van der Waals surface area contributed by atoms with Gasteiger partial charge in [-0.05, 0) is 51.4 Å². The standard InChI is InChI=1S/C18H24N2O.2ClH/c1-4-15-12(2)11-13-7-5-8-14(17(13)19-15)18(21)16-9-6-10-20(16)3;;/h5,7-8,11,16,18,21H,4,6,9-10H2,1-3H3;2*1H. The Bertz CT molecular complexity index is 663. The molecule has 0 amide bonds. The molecule has 2 unspecified atom stereocenters. The quantitative estimate of drug-likeness (QED) is 0.899. The molecule has 0 spiro atoms. The largest absolute Gasteiger partial charge is 0.387 e. The van der Waals surface area contributed by atoms with E-state index in [9.17, 15) is 5.11 Å². The van der Waals surface area contributed by atoms with E-state index >= 15 is 0 Å². The number of aromatic nitrogens is 1. The molecular weight excluding hydrogens is 331 g/mol. The summed E-state index contributed by atoms with van der Waals surface area (Å²) in [7, 11) is 2.10. The fourth-order valence-corrected chi connectivity index (χ4v) is 3.50. The second-order valence-electron chi connectivity index (χ2n) is 6.16. The zero-order chi connectivity index (χ0) is 15.0. The molecule has 1 aromatic carbocycles. The van der Waals surface area contributed by atoms with Crippen LogP contribution in [-0.4, -0.2) is 34.6 Å². The molecule has 1 aliphatic heterocycles. The van der Waals surface area contributed by atoms with Crippen LogP contribution in [0.5, 0.6) is 0 Å². The van der Waals surface area contributed by atoms with Crippen LogP contribution in [-0.2, 0) is 6.42 Å². The van der Waals surface area contributed by atoms with Gasteiger partial charge in [-0.3, -0.25) is 4.98 Å². The zero-order valence-corrected chi connectivity index (χ0v) is 15.6. The molecule has 2 aromatic rings. The van der Waals surface area contributed by atoms with E-state index in [-0.39, 0.29) is 30.9 Å². The lowest BCUT2D eigenvalue weighted by atomic mass is 9.96. The van der Waals surface area contributed by atoms with Crippen LogP contribution in [0.25, 0.3) is 10.9 Å². The summed E-state index contributed by atoms with van der Waals surface area (Å²) in [6.07, 6.45) is 2.69. The third-order valence-electron chi connectivity index (χ3n) is 4.77. The van der Waals surface area contributed by atoms with Crippen molar-refractivity contribution in [2.24, 2.45) is 0 Å². The molecular formula is C18H26Cl2N2O. The maximum atomic E-state index is 10.8. The monoisotopic (exact) mass is 356 g/mol. The minimum Gasteiger partial charge on any atom is -0.387 e. The fraction of sp³-hybridized carbons (Fsp3) is 0.500. The molecule has 1 saturated heterocycles. The van der Waals surface area contributed by atoms with E-state index in [1.165, 1.54) is 5.56 Å². The summed E-state index contributed by atoms with van der Waals surface area (Å²) in [6.45, 7) is 5.31. The third kappa shape index (κ3) is 3.80. The third-order valence-corrected chi connectivity index (χ3v) is 4.77. The Labute approximate surface area is 150 Å². The van der Waals surface area contributed by atoms with E-state index in [4.69, 9.17) is 4.98 Å². The minimum atomic E-state index is -0.457. The number of halogens is 2. The van der Waals surface area contributed by atoms with Gasteiger partial charge in [0.1, 0.15) is 0 Å². The van der Waals surface area contributed by atoms with Crippen LogP contribution >= 0.6 is 24.8 Å². The molecule has 23 heavy (non-hydrogen) atoms. The van der Waals surface area contributed by atoms with Crippen LogP contribution < -0.4 is 0 Å². The summed E-state index contributed by atoms with van der Waals surface area (Å²) >= 11 is 0. The number of para-hydroxylation sites is 1. The Balaban J connectivity index is 0.00000132. The zero-order valence-electron chi connectivity index (χ0n) is 14.0. The molecule has 0 aliphatic carbocycles. The number of likely N-dealkylation sites (tertiary alicyclic amines) is 1. The Morgan fingerprint density at radius 2 is 2.09 bits per heavy atom. The number of rotatable bonds is 3. The first kappa shape index (κ1) is 20.2. The van der Waals surface area contributed by atoms with Gasteiger partial charge >= 0.3 is 0 Å². The van der Waals surface area contributed by atoms with Crippen molar-refractivity contribution >= 4 is 35.7 Å². The summed E-state index contributed by atoms with van der Waals surface area (Å²) in [5, 5.41) is 12.0. The minimum absolute atomic E-state index is 0. The average molecular weight is 357 g/mol. The van der Waals surface area contributed by atoms with Crippen molar-refractivity contribution in [1.29, 1.82) is 0 Å². The van der Waals surface area contributed by atoms with E-state index in [2.05, 4.69) is 37.9 Å². The number of pyridine rings is 1. The average Bonchev–Trinajstić information content (AvgIpc) is 2.91. The van der Waals surface area contributed by atoms with Gasteiger partial charge < -0.3 is 10.0 Å². The highest BCUT2D eigenvalue weighted by Crippen LogP contribution is 2.32. The Kier molecular flexibility index (Phi) is 7.28. The van der Waals surface area contributed by atoms with Crippen molar-refractivity contribution in [1.82, 2.24) is 9.88 Å². The van der Waals surface area contributed by atoms with Crippen molar-refractivity contribution in [2.45, 2.75) is 45.3 Å². The predicted molar refractivity (Wildman–Crippen MR) is 101 cm³/mol.